The van der Waals surface area contributed by atoms with E-state index in [9.17, 15) is 5.11 Å². The lowest BCUT2D eigenvalue weighted by atomic mass is 9.92. The zero-order valence-corrected chi connectivity index (χ0v) is 20.0. The fourth-order valence-electron chi connectivity index (χ4n) is 3.23. The van der Waals surface area contributed by atoms with Gasteiger partial charge in [0.05, 0.1) is 11.6 Å². The number of nitrogens with zero attached hydrogens (tertiary/aromatic N) is 3. The van der Waals surface area contributed by atoms with Crippen molar-refractivity contribution in [2.24, 2.45) is 0 Å². The van der Waals surface area contributed by atoms with Crippen LogP contribution >= 0.6 is 46.4 Å². The van der Waals surface area contributed by atoms with Crippen molar-refractivity contribution >= 4 is 52.5 Å². The van der Waals surface area contributed by atoms with Crippen LogP contribution in [0.15, 0.2) is 79.4 Å². The molecule has 5 nitrogen and oxygen atoms in total. The molecule has 0 aliphatic heterocycles. The van der Waals surface area contributed by atoms with Crippen molar-refractivity contribution < 1.29 is 9.84 Å². The summed E-state index contributed by atoms with van der Waals surface area (Å²) in [5, 5.41) is 17.6. The molecular formula is C24H17Cl4N3O2. The largest absolute Gasteiger partial charge is 0.457 e. The van der Waals surface area contributed by atoms with Gasteiger partial charge in [-0.2, -0.15) is 5.10 Å². The molecule has 168 valence electrons. The standard InChI is InChI=1S/C24H17Cl4N3O2/c25-16-4-6-17(7-5-16)33-18-8-9-20(23(28)12-18)24(32,13-31-15-29-14-30-31)11-10-19-21(26)2-1-3-22(19)27/h1-12,14-15,32H,13H2/b11-10+. The van der Waals surface area contributed by atoms with Crippen molar-refractivity contribution in [2.45, 2.75) is 12.1 Å². The molecule has 3 aromatic carbocycles. The third-order valence-electron chi connectivity index (χ3n) is 4.85. The Bertz CT molecular complexity index is 1260. The van der Waals surface area contributed by atoms with E-state index in [0.717, 1.165) is 0 Å². The van der Waals surface area contributed by atoms with Crippen molar-refractivity contribution in [2.75, 3.05) is 0 Å². The lowest BCUT2D eigenvalue weighted by molar-refractivity contribution is 0.0664. The van der Waals surface area contributed by atoms with Crippen LogP contribution in [0.4, 0.5) is 0 Å². The third-order valence-corrected chi connectivity index (χ3v) is 6.08. The van der Waals surface area contributed by atoms with Gasteiger partial charge in [-0.1, -0.05) is 64.6 Å². The highest BCUT2D eigenvalue weighted by atomic mass is 35.5. The summed E-state index contributed by atoms with van der Waals surface area (Å²) in [6.07, 6.45) is 6.14. The first-order valence-electron chi connectivity index (χ1n) is 9.75. The number of hydrogen-bond donors (Lipinski definition) is 1. The summed E-state index contributed by atoms with van der Waals surface area (Å²) in [5.74, 6) is 1.11. The molecule has 1 atom stereocenters. The summed E-state index contributed by atoms with van der Waals surface area (Å²) in [7, 11) is 0. The summed E-state index contributed by atoms with van der Waals surface area (Å²) in [6.45, 7) is 0.0582. The maximum Gasteiger partial charge on any atom is 0.137 e. The highest BCUT2D eigenvalue weighted by Gasteiger charge is 2.30. The number of aliphatic hydroxyl groups is 1. The van der Waals surface area contributed by atoms with Gasteiger partial charge in [0.1, 0.15) is 29.8 Å². The van der Waals surface area contributed by atoms with Crippen molar-refractivity contribution in [1.82, 2.24) is 14.8 Å². The molecular weight excluding hydrogens is 504 g/mol. The summed E-state index contributed by atoms with van der Waals surface area (Å²) in [5.41, 5.74) is -0.522. The van der Waals surface area contributed by atoms with Gasteiger partial charge in [-0.15, -0.1) is 0 Å². The fraction of sp³-hybridized carbons (Fsp3) is 0.0833. The Morgan fingerprint density at radius 2 is 1.61 bits per heavy atom. The monoisotopic (exact) mass is 519 g/mol. The van der Waals surface area contributed by atoms with E-state index in [0.29, 0.717) is 42.7 Å². The predicted molar refractivity (Wildman–Crippen MR) is 132 cm³/mol. The van der Waals surface area contributed by atoms with E-state index >= 15 is 0 Å². The van der Waals surface area contributed by atoms with Gasteiger partial charge >= 0.3 is 0 Å². The molecule has 9 heteroatoms. The van der Waals surface area contributed by atoms with Crippen LogP contribution in [0.1, 0.15) is 11.1 Å². The predicted octanol–water partition coefficient (Wildman–Crippen LogP) is 7.29. The Hall–Kier alpha value is -2.54. The van der Waals surface area contributed by atoms with Crippen molar-refractivity contribution in [3.63, 3.8) is 0 Å². The van der Waals surface area contributed by atoms with Gasteiger partial charge in [0, 0.05) is 26.2 Å². The fourth-order valence-corrected chi connectivity index (χ4v) is 4.21. The van der Waals surface area contributed by atoms with Crippen LogP contribution < -0.4 is 4.74 Å². The minimum Gasteiger partial charge on any atom is -0.457 e. The Labute approximate surface area is 210 Å². The van der Waals surface area contributed by atoms with Crippen molar-refractivity contribution in [1.29, 1.82) is 0 Å². The Morgan fingerprint density at radius 1 is 0.909 bits per heavy atom. The molecule has 0 amide bonds. The van der Waals surface area contributed by atoms with E-state index in [2.05, 4.69) is 10.1 Å². The van der Waals surface area contributed by atoms with Crippen LogP contribution in [0.25, 0.3) is 6.08 Å². The second kappa shape index (κ2) is 10.2. The Morgan fingerprint density at radius 3 is 2.24 bits per heavy atom. The molecule has 0 radical (unpaired) electrons. The number of benzene rings is 3. The van der Waals surface area contributed by atoms with Gasteiger partial charge in [0.2, 0.25) is 0 Å². The molecule has 0 aliphatic carbocycles. The quantitative estimate of drug-likeness (QED) is 0.278. The molecule has 1 heterocycles. The van der Waals surface area contributed by atoms with Crippen LogP contribution in [-0.4, -0.2) is 19.9 Å². The molecule has 0 bridgehead atoms. The molecule has 33 heavy (non-hydrogen) atoms. The van der Waals surface area contributed by atoms with Crippen molar-refractivity contribution in [3.05, 3.63) is 111 Å². The average Bonchev–Trinajstić information content (AvgIpc) is 3.28. The molecule has 1 N–H and O–H groups in total. The summed E-state index contributed by atoms with van der Waals surface area (Å²) >= 11 is 25.1. The smallest absolute Gasteiger partial charge is 0.137 e. The molecule has 4 rings (SSSR count). The zero-order valence-electron chi connectivity index (χ0n) is 17.0. The van der Waals surface area contributed by atoms with Crippen LogP contribution in [-0.2, 0) is 12.1 Å². The first kappa shape index (κ1) is 23.6. The van der Waals surface area contributed by atoms with Crippen LogP contribution in [0, 0.1) is 0 Å². The Kier molecular flexibility index (Phi) is 7.27. The topological polar surface area (TPSA) is 60.2 Å². The Balaban J connectivity index is 1.69. The number of aromatic nitrogens is 3. The number of halogens is 4. The third kappa shape index (κ3) is 5.69. The first-order chi connectivity index (χ1) is 15.8. The maximum atomic E-state index is 11.7. The molecule has 4 aromatic rings. The van der Waals surface area contributed by atoms with Gasteiger partial charge < -0.3 is 9.84 Å². The SMILES string of the molecule is OC(/C=C/c1c(Cl)cccc1Cl)(Cn1cncn1)c1ccc(Oc2ccc(Cl)cc2)cc1Cl. The van der Waals surface area contributed by atoms with Gasteiger partial charge in [-0.05, 0) is 54.6 Å². The van der Waals surface area contributed by atoms with E-state index in [1.807, 2.05) is 0 Å². The minimum absolute atomic E-state index is 0.0582. The van der Waals surface area contributed by atoms with Crippen LogP contribution in [0.2, 0.25) is 20.1 Å². The van der Waals surface area contributed by atoms with Crippen LogP contribution in [0.5, 0.6) is 11.5 Å². The normalized spacial score (nSPS) is 13.2. The molecule has 0 fully saturated rings. The van der Waals surface area contributed by atoms with Crippen LogP contribution in [0.3, 0.4) is 0 Å². The highest BCUT2D eigenvalue weighted by molar-refractivity contribution is 6.37. The van der Waals surface area contributed by atoms with Gasteiger partial charge in [0.25, 0.3) is 0 Å². The first-order valence-corrected chi connectivity index (χ1v) is 11.3. The summed E-state index contributed by atoms with van der Waals surface area (Å²) in [4.78, 5) is 3.95. The number of rotatable bonds is 7. The van der Waals surface area contributed by atoms with Gasteiger partial charge in [0.15, 0.2) is 0 Å². The molecule has 0 aliphatic rings. The van der Waals surface area contributed by atoms with E-state index in [4.69, 9.17) is 51.1 Å². The lowest BCUT2D eigenvalue weighted by Crippen LogP contribution is -2.30. The molecule has 1 aromatic heterocycles. The highest BCUT2D eigenvalue weighted by Crippen LogP contribution is 2.36. The second-order valence-electron chi connectivity index (χ2n) is 7.18. The number of hydrogen-bond acceptors (Lipinski definition) is 4. The van der Waals surface area contributed by atoms with Crippen molar-refractivity contribution in [3.8, 4) is 11.5 Å². The molecule has 0 saturated carbocycles. The molecule has 0 saturated heterocycles. The van der Waals surface area contributed by atoms with Gasteiger partial charge in [-0.3, -0.25) is 0 Å². The van der Waals surface area contributed by atoms with E-state index in [1.54, 1.807) is 72.8 Å². The molecule has 0 spiro atoms. The lowest BCUT2D eigenvalue weighted by Gasteiger charge is -2.26. The minimum atomic E-state index is -1.55. The zero-order chi connectivity index (χ0) is 23.4. The summed E-state index contributed by atoms with van der Waals surface area (Å²) < 4.78 is 7.35. The number of ether oxygens (including phenoxy) is 1. The van der Waals surface area contributed by atoms with E-state index < -0.39 is 5.60 Å². The summed E-state index contributed by atoms with van der Waals surface area (Å²) in [6, 6.07) is 17.2. The van der Waals surface area contributed by atoms with E-state index in [1.165, 1.54) is 17.3 Å². The second-order valence-corrected chi connectivity index (χ2v) is 8.84. The maximum absolute atomic E-state index is 11.7. The van der Waals surface area contributed by atoms with E-state index in [-0.39, 0.29) is 6.54 Å². The van der Waals surface area contributed by atoms with Gasteiger partial charge in [-0.25, -0.2) is 9.67 Å². The molecule has 1 unspecified atom stereocenters. The average molecular weight is 521 g/mol.